The number of hydrogen-bond acceptors (Lipinski definition) is 3. The fraction of sp³-hybridized carbons (Fsp3) is 0.167. The number of anilines is 1. The van der Waals surface area contributed by atoms with Crippen LogP contribution in [0, 0.1) is 0 Å². The number of aromatic nitrogens is 2. The van der Waals surface area contributed by atoms with Crippen LogP contribution >= 0.6 is 11.6 Å². The fourth-order valence-electron chi connectivity index (χ4n) is 1.61. The summed E-state index contributed by atoms with van der Waals surface area (Å²) in [6.07, 6.45) is 3.59. The van der Waals surface area contributed by atoms with Gasteiger partial charge in [0, 0.05) is 36.1 Å². The molecule has 5 nitrogen and oxygen atoms in total. The Labute approximate surface area is 109 Å². The maximum Gasteiger partial charge on any atom is 0.337 e. The van der Waals surface area contributed by atoms with E-state index in [4.69, 9.17) is 16.7 Å². The summed E-state index contributed by atoms with van der Waals surface area (Å²) in [7, 11) is 1.83. The molecule has 1 heterocycles. The second kappa shape index (κ2) is 5.10. The molecule has 0 saturated heterocycles. The van der Waals surface area contributed by atoms with Gasteiger partial charge in [0.2, 0.25) is 0 Å². The third-order valence-electron chi connectivity index (χ3n) is 2.45. The molecular weight excluding hydrogens is 254 g/mol. The molecular formula is C12H12ClN3O2. The van der Waals surface area contributed by atoms with E-state index in [-0.39, 0.29) is 5.56 Å². The first-order chi connectivity index (χ1) is 8.56. The van der Waals surface area contributed by atoms with Gasteiger partial charge in [0.25, 0.3) is 0 Å². The highest BCUT2D eigenvalue weighted by Crippen LogP contribution is 2.21. The summed E-state index contributed by atoms with van der Waals surface area (Å²) in [5.74, 6) is -1.01. The van der Waals surface area contributed by atoms with Crippen LogP contribution in [0.3, 0.4) is 0 Å². The van der Waals surface area contributed by atoms with Crippen molar-refractivity contribution >= 4 is 23.3 Å². The highest BCUT2D eigenvalue weighted by Gasteiger charge is 2.10. The van der Waals surface area contributed by atoms with Crippen LogP contribution in [0.15, 0.2) is 30.6 Å². The Bertz CT molecular complexity index is 580. The Morgan fingerprint density at radius 2 is 2.33 bits per heavy atom. The van der Waals surface area contributed by atoms with Gasteiger partial charge in [-0.1, -0.05) is 11.6 Å². The van der Waals surface area contributed by atoms with Gasteiger partial charge in [-0.15, -0.1) is 0 Å². The lowest BCUT2D eigenvalue weighted by Gasteiger charge is -2.08. The summed E-state index contributed by atoms with van der Waals surface area (Å²) >= 11 is 5.78. The normalized spacial score (nSPS) is 10.3. The van der Waals surface area contributed by atoms with Crippen molar-refractivity contribution in [2.24, 2.45) is 7.05 Å². The molecule has 18 heavy (non-hydrogen) atoms. The number of carboxylic acid groups (broad SMARTS) is 1. The molecule has 2 aromatic rings. The number of carboxylic acids is 1. The van der Waals surface area contributed by atoms with Crippen molar-refractivity contribution in [1.82, 2.24) is 9.78 Å². The fourth-order valence-corrected chi connectivity index (χ4v) is 1.78. The molecule has 0 amide bonds. The van der Waals surface area contributed by atoms with Crippen LogP contribution in [0.4, 0.5) is 5.69 Å². The van der Waals surface area contributed by atoms with E-state index in [0.29, 0.717) is 17.3 Å². The second-order valence-electron chi connectivity index (χ2n) is 3.87. The first-order valence-electron chi connectivity index (χ1n) is 5.30. The van der Waals surface area contributed by atoms with Crippen LogP contribution in [-0.2, 0) is 13.6 Å². The number of benzene rings is 1. The zero-order valence-corrected chi connectivity index (χ0v) is 10.5. The highest BCUT2D eigenvalue weighted by molar-refractivity contribution is 6.31. The van der Waals surface area contributed by atoms with E-state index < -0.39 is 5.97 Å². The molecule has 0 unspecified atom stereocenters. The van der Waals surface area contributed by atoms with E-state index in [0.717, 1.165) is 5.56 Å². The van der Waals surface area contributed by atoms with E-state index in [1.54, 1.807) is 23.0 Å². The summed E-state index contributed by atoms with van der Waals surface area (Å²) < 4.78 is 1.69. The highest BCUT2D eigenvalue weighted by atomic mass is 35.5. The molecule has 0 atom stereocenters. The molecule has 0 aliphatic rings. The topological polar surface area (TPSA) is 67.2 Å². The molecule has 94 valence electrons. The molecule has 0 aliphatic carbocycles. The number of carbonyl (C=O) groups is 1. The van der Waals surface area contributed by atoms with Crippen LogP contribution < -0.4 is 5.32 Å². The Balaban J connectivity index is 2.16. The minimum atomic E-state index is -1.01. The van der Waals surface area contributed by atoms with Crippen LogP contribution in [0.5, 0.6) is 0 Å². The molecule has 1 aromatic carbocycles. The first-order valence-corrected chi connectivity index (χ1v) is 5.68. The Morgan fingerprint density at radius 1 is 1.56 bits per heavy atom. The SMILES string of the molecule is Cn1cc(CNc2ccc(Cl)cc2C(=O)O)cn1. The number of aryl methyl sites for hydroxylation is 1. The standard InChI is InChI=1S/C12H12ClN3O2/c1-16-7-8(6-15-16)5-14-11-3-2-9(13)4-10(11)12(17)18/h2-4,6-7,14H,5H2,1H3,(H,17,18). The number of nitrogens with one attached hydrogen (secondary N) is 1. The van der Waals surface area contributed by atoms with E-state index in [1.807, 2.05) is 13.2 Å². The van der Waals surface area contributed by atoms with E-state index in [9.17, 15) is 4.79 Å². The van der Waals surface area contributed by atoms with Crippen molar-refractivity contribution in [2.45, 2.75) is 6.54 Å². The van der Waals surface area contributed by atoms with Crippen LogP contribution in [-0.4, -0.2) is 20.9 Å². The monoisotopic (exact) mass is 265 g/mol. The number of nitrogens with zero attached hydrogens (tertiary/aromatic N) is 2. The summed E-state index contributed by atoms with van der Waals surface area (Å²) in [6, 6.07) is 4.73. The van der Waals surface area contributed by atoms with Gasteiger partial charge in [0.05, 0.1) is 11.8 Å². The van der Waals surface area contributed by atoms with Gasteiger partial charge in [-0.2, -0.15) is 5.10 Å². The summed E-state index contributed by atoms with van der Waals surface area (Å²) in [5, 5.41) is 16.6. The second-order valence-corrected chi connectivity index (χ2v) is 4.31. The van der Waals surface area contributed by atoms with Crippen molar-refractivity contribution in [3.63, 3.8) is 0 Å². The van der Waals surface area contributed by atoms with Gasteiger partial charge in [0.15, 0.2) is 0 Å². The lowest BCUT2D eigenvalue weighted by Crippen LogP contribution is -2.06. The van der Waals surface area contributed by atoms with Gasteiger partial charge >= 0.3 is 5.97 Å². The zero-order valence-electron chi connectivity index (χ0n) is 9.72. The Kier molecular flexibility index (Phi) is 3.53. The number of hydrogen-bond donors (Lipinski definition) is 2. The minimum absolute atomic E-state index is 0.159. The summed E-state index contributed by atoms with van der Waals surface area (Å²) in [4.78, 5) is 11.1. The molecule has 0 fully saturated rings. The van der Waals surface area contributed by atoms with E-state index >= 15 is 0 Å². The quantitative estimate of drug-likeness (QED) is 0.891. The smallest absolute Gasteiger partial charge is 0.337 e. The van der Waals surface area contributed by atoms with E-state index in [2.05, 4.69) is 10.4 Å². The molecule has 2 N–H and O–H groups in total. The van der Waals surface area contributed by atoms with Crippen LogP contribution in [0.2, 0.25) is 5.02 Å². The number of rotatable bonds is 4. The number of aromatic carboxylic acids is 1. The summed E-state index contributed by atoms with van der Waals surface area (Å²) in [5.41, 5.74) is 1.67. The lowest BCUT2D eigenvalue weighted by atomic mass is 10.1. The average Bonchev–Trinajstić information content (AvgIpc) is 2.73. The molecule has 0 radical (unpaired) electrons. The third-order valence-corrected chi connectivity index (χ3v) is 2.69. The summed E-state index contributed by atoms with van der Waals surface area (Å²) in [6.45, 7) is 0.510. The first kappa shape index (κ1) is 12.4. The van der Waals surface area contributed by atoms with Gasteiger partial charge < -0.3 is 10.4 Å². The molecule has 6 heteroatoms. The van der Waals surface area contributed by atoms with E-state index in [1.165, 1.54) is 6.07 Å². The maximum absolute atomic E-state index is 11.1. The van der Waals surface area contributed by atoms with Crippen molar-refractivity contribution in [1.29, 1.82) is 0 Å². The molecule has 0 saturated carbocycles. The van der Waals surface area contributed by atoms with Crippen molar-refractivity contribution in [2.75, 3.05) is 5.32 Å². The Morgan fingerprint density at radius 3 is 2.94 bits per heavy atom. The predicted molar refractivity (Wildman–Crippen MR) is 68.9 cm³/mol. The van der Waals surface area contributed by atoms with Gasteiger partial charge in [-0.3, -0.25) is 4.68 Å². The minimum Gasteiger partial charge on any atom is -0.478 e. The molecule has 0 aliphatic heterocycles. The van der Waals surface area contributed by atoms with Crippen molar-refractivity contribution in [3.05, 3.63) is 46.7 Å². The average molecular weight is 266 g/mol. The Hall–Kier alpha value is -2.01. The molecule has 2 rings (SSSR count). The van der Waals surface area contributed by atoms with Gasteiger partial charge in [-0.05, 0) is 18.2 Å². The van der Waals surface area contributed by atoms with Gasteiger partial charge in [0.1, 0.15) is 0 Å². The lowest BCUT2D eigenvalue weighted by molar-refractivity contribution is 0.0698. The maximum atomic E-state index is 11.1. The van der Waals surface area contributed by atoms with Gasteiger partial charge in [-0.25, -0.2) is 4.79 Å². The number of halogens is 1. The third kappa shape index (κ3) is 2.81. The molecule has 0 bridgehead atoms. The van der Waals surface area contributed by atoms with Crippen molar-refractivity contribution in [3.8, 4) is 0 Å². The predicted octanol–water partition coefficient (Wildman–Crippen LogP) is 2.38. The van der Waals surface area contributed by atoms with Crippen molar-refractivity contribution < 1.29 is 9.90 Å². The zero-order chi connectivity index (χ0) is 13.1. The largest absolute Gasteiger partial charge is 0.478 e. The molecule has 1 aromatic heterocycles. The van der Waals surface area contributed by atoms with Crippen LogP contribution in [0.1, 0.15) is 15.9 Å². The molecule has 0 spiro atoms. The van der Waals surface area contributed by atoms with Crippen LogP contribution in [0.25, 0.3) is 0 Å².